The maximum Gasteiger partial charge on any atom is 0.358 e. The fraction of sp³-hybridized carbons (Fsp3) is 0.333. The molecule has 88 valence electrons. The molecule has 1 heterocycles. The van der Waals surface area contributed by atoms with E-state index in [1.807, 2.05) is 0 Å². The zero-order chi connectivity index (χ0) is 12.5. The van der Waals surface area contributed by atoms with Crippen molar-refractivity contribution in [3.63, 3.8) is 0 Å². The first kappa shape index (κ1) is 13.0. The van der Waals surface area contributed by atoms with Gasteiger partial charge in [-0.3, -0.25) is 4.79 Å². The first-order valence-electron chi connectivity index (χ1n) is 3.69. The highest BCUT2D eigenvalue weighted by molar-refractivity contribution is 6.66. The van der Waals surface area contributed by atoms with Gasteiger partial charge in [-0.25, -0.2) is 9.48 Å². The molecule has 0 spiro atoms. The van der Waals surface area contributed by atoms with Crippen molar-refractivity contribution in [3.8, 4) is 0 Å². The smallest absolute Gasteiger partial charge is 0.358 e. The Hall–Kier alpha value is -1.05. The van der Waals surface area contributed by atoms with Gasteiger partial charge in [0.05, 0.1) is 0 Å². The standard InChI is InChI=1S/C6H4Cl3N3O4/c7-6(8,9)4-3(5(15)16)10-11-12(4)1-2(13)14/h1H2,(H,13,14)(H,15,16). The molecular weight excluding hydrogens is 284 g/mol. The van der Waals surface area contributed by atoms with Crippen molar-refractivity contribution in [1.82, 2.24) is 15.0 Å². The van der Waals surface area contributed by atoms with Gasteiger partial charge in [-0.1, -0.05) is 40.0 Å². The Morgan fingerprint density at radius 3 is 2.25 bits per heavy atom. The van der Waals surface area contributed by atoms with Gasteiger partial charge in [-0.05, 0) is 0 Å². The monoisotopic (exact) mass is 287 g/mol. The largest absolute Gasteiger partial charge is 0.480 e. The summed E-state index contributed by atoms with van der Waals surface area (Å²) >= 11 is 16.5. The Balaban J connectivity index is 3.31. The summed E-state index contributed by atoms with van der Waals surface area (Å²) in [4.78, 5) is 21.2. The molecule has 1 aromatic rings. The van der Waals surface area contributed by atoms with Gasteiger partial charge in [-0.2, -0.15) is 0 Å². The minimum Gasteiger partial charge on any atom is -0.480 e. The molecule has 0 fully saturated rings. The van der Waals surface area contributed by atoms with E-state index in [0.717, 1.165) is 0 Å². The Kier molecular flexibility index (Phi) is 3.61. The molecule has 0 aliphatic carbocycles. The lowest BCUT2D eigenvalue weighted by Crippen LogP contribution is -2.19. The second-order valence-corrected chi connectivity index (χ2v) is 4.92. The van der Waals surface area contributed by atoms with Crippen molar-refractivity contribution in [1.29, 1.82) is 0 Å². The van der Waals surface area contributed by atoms with Crippen LogP contribution in [0.25, 0.3) is 0 Å². The summed E-state index contributed by atoms with van der Waals surface area (Å²) in [6, 6.07) is 0. The van der Waals surface area contributed by atoms with Crippen molar-refractivity contribution in [2.45, 2.75) is 10.3 Å². The van der Waals surface area contributed by atoms with E-state index in [0.29, 0.717) is 4.68 Å². The number of aliphatic carboxylic acids is 1. The summed E-state index contributed by atoms with van der Waals surface area (Å²) in [6.45, 7) is -0.649. The van der Waals surface area contributed by atoms with Crippen LogP contribution >= 0.6 is 34.8 Å². The number of aromatic nitrogens is 3. The lowest BCUT2D eigenvalue weighted by atomic mass is 10.3. The van der Waals surface area contributed by atoms with Crippen molar-refractivity contribution in [2.24, 2.45) is 0 Å². The number of halogens is 3. The Bertz CT molecular complexity index is 439. The SMILES string of the molecule is O=C(O)Cn1nnc(C(=O)O)c1C(Cl)(Cl)Cl. The van der Waals surface area contributed by atoms with Crippen LogP contribution in [0.2, 0.25) is 0 Å². The Labute approximate surface area is 104 Å². The van der Waals surface area contributed by atoms with Crippen LogP contribution < -0.4 is 0 Å². The van der Waals surface area contributed by atoms with Gasteiger partial charge < -0.3 is 10.2 Å². The van der Waals surface area contributed by atoms with E-state index in [4.69, 9.17) is 45.0 Å². The number of aromatic carboxylic acids is 1. The highest BCUT2D eigenvalue weighted by atomic mass is 35.6. The van der Waals surface area contributed by atoms with Crippen LogP contribution in [-0.4, -0.2) is 37.1 Å². The summed E-state index contributed by atoms with van der Waals surface area (Å²) in [5.74, 6) is -2.73. The maximum absolute atomic E-state index is 10.7. The molecule has 0 unspecified atom stereocenters. The highest BCUT2D eigenvalue weighted by Crippen LogP contribution is 2.39. The number of alkyl halides is 3. The second-order valence-electron chi connectivity index (χ2n) is 2.64. The van der Waals surface area contributed by atoms with E-state index in [9.17, 15) is 9.59 Å². The zero-order valence-electron chi connectivity index (χ0n) is 7.39. The second kappa shape index (κ2) is 4.44. The van der Waals surface area contributed by atoms with Crippen LogP contribution in [0.1, 0.15) is 16.2 Å². The van der Waals surface area contributed by atoms with Crippen LogP contribution in [0.15, 0.2) is 0 Å². The molecule has 0 atom stereocenters. The Morgan fingerprint density at radius 1 is 1.31 bits per heavy atom. The van der Waals surface area contributed by atoms with E-state index in [1.54, 1.807) is 0 Å². The third kappa shape index (κ3) is 2.75. The minimum absolute atomic E-state index is 0.396. The third-order valence-corrected chi connectivity index (χ3v) is 2.03. The molecule has 0 aromatic carbocycles. The van der Waals surface area contributed by atoms with E-state index < -0.39 is 33.7 Å². The van der Waals surface area contributed by atoms with Gasteiger partial charge in [0, 0.05) is 0 Å². The average molecular weight is 288 g/mol. The summed E-state index contributed by atoms with van der Waals surface area (Å²) < 4.78 is -1.41. The molecule has 0 radical (unpaired) electrons. The molecule has 0 aliphatic rings. The predicted octanol–water partition coefficient (Wildman–Crippen LogP) is 0.888. The molecule has 10 heteroatoms. The first-order valence-corrected chi connectivity index (χ1v) is 4.82. The molecule has 0 saturated carbocycles. The molecule has 0 saturated heterocycles. The third-order valence-electron chi connectivity index (χ3n) is 1.49. The first-order chi connectivity index (χ1) is 7.23. The lowest BCUT2D eigenvalue weighted by molar-refractivity contribution is -0.138. The highest BCUT2D eigenvalue weighted by Gasteiger charge is 2.35. The van der Waals surface area contributed by atoms with Crippen molar-refractivity contribution >= 4 is 46.7 Å². The van der Waals surface area contributed by atoms with E-state index >= 15 is 0 Å². The summed E-state index contributed by atoms with van der Waals surface area (Å²) in [7, 11) is 0. The molecular formula is C6H4Cl3N3O4. The number of hydrogen-bond donors (Lipinski definition) is 2. The number of carboxylic acid groups (broad SMARTS) is 2. The van der Waals surface area contributed by atoms with Crippen molar-refractivity contribution < 1.29 is 19.8 Å². The maximum atomic E-state index is 10.7. The summed E-state index contributed by atoms with van der Waals surface area (Å²) in [5.41, 5.74) is -0.992. The molecule has 7 nitrogen and oxygen atoms in total. The molecule has 2 N–H and O–H groups in total. The Morgan fingerprint density at radius 2 is 1.88 bits per heavy atom. The van der Waals surface area contributed by atoms with Gasteiger partial charge in [0.25, 0.3) is 0 Å². The number of carbonyl (C=O) groups is 2. The molecule has 0 aliphatic heterocycles. The molecule has 1 aromatic heterocycles. The van der Waals surface area contributed by atoms with E-state index in [-0.39, 0.29) is 0 Å². The molecule has 0 bridgehead atoms. The van der Waals surface area contributed by atoms with Gasteiger partial charge in [0.1, 0.15) is 12.2 Å². The van der Waals surface area contributed by atoms with Gasteiger partial charge >= 0.3 is 11.9 Å². The van der Waals surface area contributed by atoms with E-state index in [1.165, 1.54) is 0 Å². The van der Waals surface area contributed by atoms with Crippen LogP contribution in [0.3, 0.4) is 0 Å². The van der Waals surface area contributed by atoms with Gasteiger partial charge in [0.2, 0.25) is 3.79 Å². The van der Waals surface area contributed by atoms with Crippen molar-refractivity contribution in [2.75, 3.05) is 0 Å². The lowest BCUT2D eigenvalue weighted by Gasteiger charge is -2.12. The van der Waals surface area contributed by atoms with Crippen LogP contribution in [-0.2, 0) is 15.1 Å². The minimum atomic E-state index is -2.12. The molecule has 1 rings (SSSR count). The van der Waals surface area contributed by atoms with Gasteiger partial charge in [0.15, 0.2) is 5.69 Å². The van der Waals surface area contributed by atoms with Crippen LogP contribution in [0, 0.1) is 0 Å². The van der Waals surface area contributed by atoms with Gasteiger partial charge in [-0.15, -0.1) is 5.10 Å². The summed E-state index contributed by atoms with van der Waals surface area (Å²) in [6.07, 6.45) is 0. The summed E-state index contributed by atoms with van der Waals surface area (Å²) in [5, 5.41) is 23.8. The van der Waals surface area contributed by atoms with Crippen molar-refractivity contribution in [3.05, 3.63) is 11.4 Å². The number of nitrogens with zero attached hydrogens (tertiary/aromatic N) is 3. The van der Waals surface area contributed by atoms with Crippen LogP contribution in [0.4, 0.5) is 0 Å². The number of hydrogen-bond acceptors (Lipinski definition) is 4. The fourth-order valence-corrected chi connectivity index (χ4v) is 1.54. The quantitative estimate of drug-likeness (QED) is 0.800. The average Bonchev–Trinajstić information content (AvgIpc) is 2.45. The number of carboxylic acids is 2. The molecule has 0 amide bonds. The van der Waals surface area contributed by atoms with Crippen LogP contribution in [0.5, 0.6) is 0 Å². The topological polar surface area (TPSA) is 105 Å². The predicted molar refractivity (Wildman–Crippen MR) is 53.9 cm³/mol. The fourth-order valence-electron chi connectivity index (χ4n) is 0.976. The molecule has 16 heavy (non-hydrogen) atoms. The number of rotatable bonds is 3. The van der Waals surface area contributed by atoms with E-state index in [2.05, 4.69) is 10.3 Å². The normalized spacial score (nSPS) is 11.4. The zero-order valence-corrected chi connectivity index (χ0v) is 9.66.